The Hall–Kier alpha value is -2.19. The van der Waals surface area contributed by atoms with E-state index in [0.717, 1.165) is 0 Å². The molecule has 0 radical (unpaired) electrons. The minimum Gasteiger partial charge on any atom is -0.481 e. The van der Waals surface area contributed by atoms with E-state index >= 15 is 0 Å². The fourth-order valence-corrected chi connectivity index (χ4v) is 2.93. The fourth-order valence-electron chi connectivity index (χ4n) is 1.81. The van der Waals surface area contributed by atoms with Gasteiger partial charge in [-0.2, -0.15) is 4.98 Å². The van der Waals surface area contributed by atoms with Crippen LogP contribution in [-0.2, 0) is 16.6 Å². The van der Waals surface area contributed by atoms with Crippen molar-refractivity contribution < 1.29 is 13.2 Å². The van der Waals surface area contributed by atoms with Crippen molar-refractivity contribution in [2.45, 2.75) is 11.4 Å². The average Bonchev–Trinajstić information content (AvgIpc) is 2.53. The maximum Gasteiger partial charge on any atom is 0.242 e. The third-order valence-corrected chi connectivity index (χ3v) is 4.92. The molecule has 0 spiro atoms. The van der Waals surface area contributed by atoms with Crippen LogP contribution in [0.4, 0.5) is 5.95 Å². The molecule has 0 aliphatic rings. The molecule has 0 saturated carbocycles. The molecule has 1 aromatic heterocycles. The summed E-state index contributed by atoms with van der Waals surface area (Å²) in [5.41, 5.74) is 0.641. The molecule has 22 heavy (non-hydrogen) atoms. The lowest BCUT2D eigenvalue weighted by molar-refractivity contribution is 0.397. The molecule has 0 saturated heterocycles. The number of hydrogen-bond acceptors (Lipinski definition) is 6. The Morgan fingerprint density at radius 3 is 2.64 bits per heavy atom. The highest BCUT2D eigenvalue weighted by atomic mass is 32.2. The monoisotopic (exact) mass is 322 g/mol. The van der Waals surface area contributed by atoms with E-state index in [0.29, 0.717) is 17.4 Å². The van der Waals surface area contributed by atoms with Gasteiger partial charge in [0.05, 0.1) is 12.0 Å². The van der Waals surface area contributed by atoms with Crippen molar-refractivity contribution in [2.75, 3.05) is 26.5 Å². The summed E-state index contributed by atoms with van der Waals surface area (Å²) in [6, 6.07) is 8.46. The van der Waals surface area contributed by atoms with E-state index < -0.39 is 10.0 Å². The molecule has 1 heterocycles. The van der Waals surface area contributed by atoms with E-state index in [1.165, 1.54) is 25.5 Å². The van der Waals surface area contributed by atoms with Crippen LogP contribution in [0.2, 0.25) is 0 Å². The Labute approximate surface area is 130 Å². The molecule has 7 nitrogen and oxygen atoms in total. The van der Waals surface area contributed by atoms with Gasteiger partial charge in [0.25, 0.3) is 0 Å². The Bertz CT molecular complexity index is 747. The molecule has 8 heteroatoms. The summed E-state index contributed by atoms with van der Waals surface area (Å²) in [5.74, 6) is 0.808. The van der Waals surface area contributed by atoms with Crippen molar-refractivity contribution in [3.05, 3.63) is 42.1 Å². The topological polar surface area (TPSA) is 84.4 Å². The molecule has 0 fully saturated rings. The fraction of sp³-hybridized carbons (Fsp3) is 0.286. The average molecular weight is 322 g/mol. The summed E-state index contributed by atoms with van der Waals surface area (Å²) in [5, 5.41) is 3.00. The number of nitrogens with zero attached hydrogens (tertiary/aromatic N) is 3. The van der Waals surface area contributed by atoms with Crippen LogP contribution in [0.15, 0.2) is 41.4 Å². The van der Waals surface area contributed by atoms with Crippen molar-refractivity contribution in [2.24, 2.45) is 0 Å². The van der Waals surface area contributed by atoms with Crippen LogP contribution in [-0.4, -0.2) is 43.9 Å². The Kier molecular flexibility index (Phi) is 4.94. The lowest BCUT2D eigenvalue weighted by Gasteiger charge is -2.15. The predicted molar refractivity (Wildman–Crippen MR) is 83.2 cm³/mol. The number of hydrogen-bond donors (Lipinski definition) is 1. The summed E-state index contributed by atoms with van der Waals surface area (Å²) < 4.78 is 30.8. The highest BCUT2D eigenvalue weighted by molar-refractivity contribution is 7.89. The first-order valence-electron chi connectivity index (χ1n) is 6.56. The molecule has 0 amide bonds. The van der Waals surface area contributed by atoms with Crippen LogP contribution in [0.3, 0.4) is 0 Å². The molecule has 0 aliphatic heterocycles. The molecule has 0 aliphatic carbocycles. The van der Waals surface area contributed by atoms with E-state index in [9.17, 15) is 8.42 Å². The van der Waals surface area contributed by atoms with Crippen LogP contribution < -0.4 is 10.1 Å². The number of methoxy groups -OCH3 is 1. The number of aromatic nitrogens is 2. The predicted octanol–water partition coefficient (Wildman–Crippen LogP) is 1.35. The number of rotatable bonds is 6. The first-order chi connectivity index (χ1) is 10.4. The second-order valence-corrected chi connectivity index (χ2v) is 6.79. The van der Waals surface area contributed by atoms with Gasteiger partial charge in [0.2, 0.25) is 21.9 Å². The second kappa shape index (κ2) is 6.71. The van der Waals surface area contributed by atoms with Gasteiger partial charge in [0.15, 0.2) is 0 Å². The van der Waals surface area contributed by atoms with Crippen molar-refractivity contribution >= 4 is 16.0 Å². The molecule has 118 valence electrons. The molecule has 2 rings (SSSR count). The maximum absolute atomic E-state index is 12.3. The standard InChI is InChI=1S/C14H18N4O3S/c1-18(2)22(19,20)12-7-5-4-6-11(12)10-16-14-15-9-8-13(17-14)21-3/h4-9H,10H2,1-3H3,(H,15,16,17). The van der Waals surface area contributed by atoms with Crippen molar-refractivity contribution in [1.82, 2.24) is 14.3 Å². The van der Waals surface area contributed by atoms with E-state index in [1.54, 1.807) is 36.5 Å². The molecular weight excluding hydrogens is 304 g/mol. The van der Waals surface area contributed by atoms with Gasteiger partial charge in [0.1, 0.15) is 0 Å². The molecule has 0 unspecified atom stereocenters. The zero-order chi connectivity index (χ0) is 16.2. The number of nitrogens with one attached hydrogen (secondary N) is 1. The summed E-state index contributed by atoms with van der Waals surface area (Å²) in [7, 11) is 1.03. The lowest BCUT2D eigenvalue weighted by atomic mass is 10.2. The molecular formula is C14H18N4O3S. The first-order valence-corrected chi connectivity index (χ1v) is 8.00. The smallest absolute Gasteiger partial charge is 0.242 e. The van der Waals surface area contributed by atoms with E-state index in [2.05, 4.69) is 15.3 Å². The van der Waals surface area contributed by atoms with Crippen LogP contribution in [0.25, 0.3) is 0 Å². The largest absolute Gasteiger partial charge is 0.481 e. The summed E-state index contributed by atoms with van der Waals surface area (Å²) in [6.07, 6.45) is 1.57. The minimum atomic E-state index is -3.50. The first kappa shape index (κ1) is 16.2. The minimum absolute atomic E-state index is 0.260. The summed E-state index contributed by atoms with van der Waals surface area (Å²) in [6.45, 7) is 0.288. The summed E-state index contributed by atoms with van der Waals surface area (Å²) >= 11 is 0. The van der Waals surface area contributed by atoms with Crippen LogP contribution in [0, 0.1) is 0 Å². The molecule has 2 aromatic rings. The molecule has 0 atom stereocenters. The normalized spacial score (nSPS) is 11.5. The van der Waals surface area contributed by atoms with Crippen LogP contribution >= 0.6 is 0 Å². The van der Waals surface area contributed by atoms with Gasteiger partial charge in [-0.1, -0.05) is 18.2 Å². The Balaban J connectivity index is 2.24. The molecule has 1 aromatic carbocycles. The van der Waals surface area contributed by atoms with E-state index in [4.69, 9.17) is 4.74 Å². The molecule has 0 bridgehead atoms. The Morgan fingerprint density at radius 2 is 1.95 bits per heavy atom. The number of benzene rings is 1. The van der Waals surface area contributed by atoms with Gasteiger partial charge >= 0.3 is 0 Å². The highest BCUT2D eigenvalue weighted by Crippen LogP contribution is 2.19. The molecule has 1 N–H and O–H groups in total. The van der Waals surface area contributed by atoms with Gasteiger partial charge in [-0.3, -0.25) is 0 Å². The van der Waals surface area contributed by atoms with Crippen molar-refractivity contribution in [3.63, 3.8) is 0 Å². The number of anilines is 1. The lowest BCUT2D eigenvalue weighted by Crippen LogP contribution is -2.24. The maximum atomic E-state index is 12.3. The van der Waals surface area contributed by atoms with Crippen molar-refractivity contribution in [3.8, 4) is 5.88 Å². The zero-order valence-corrected chi connectivity index (χ0v) is 13.5. The highest BCUT2D eigenvalue weighted by Gasteiger charge is 2.20. The zero-order valence-electron chi connectivity index (χ0n) is 12.6. The van der Waals surface area contributed by atoms with Gasteiger partial charge in [0, 0.05) is 32.9 Å². The van der Waals surface area contributed by atoms with E-state index in [-0.39, 0.29) is 11.4 Å². The number of sulfonamides is 1. The van der Waals surface area contributed by atoms with Crippen LogP contribution in [0.1, 0.15) is 5.56 Å². The van der Waals surface area contributed by atoms with Crippen LogP contribution in [0.5, 0.6) is 5.88 Å². The second-order valence-electron chi connectivity index (χ2n) is 4.67. The van der Waals surface area contributed by atoms with Crippen molar-refractivity contribution in [1.29, 1.82) is 0 Å². The van der Waals surface area contributed by atoms with Gasteiger partial charge in [-0.25, -0.2) is 17.7 Å². The third kappa shape index (κ3) is 3.52. The number of ether oxygens (including phenoxy) is 1. The third-order valence-electron chi connectivity index (χ3n) is 3.01. The van der Waals surface area contributed by atoms with Gasteiger partial charge < -0.3 is 10.1 Å². The SMILES string of the molecule is COc1ccnc(NCc2ccccc2S(=O)(=O)N(C)C)n1. The van der Waals surface area contributed by atoms with E-state index in [1.807, 2.05) is 0 Å². The van der Waals surface area contributed by atoms with Gasteiger partial charge in [-0.15, -0.1) is 0 Å². The Morgan fingerprint density at radius 1 is 1.23 bits per heavy atom. The van der Waals surface area contributed by atoms with Gasteiger partial charge in [-0.05, 0) is 11.6 Å². The quantitative estimate of drug-likeness (QED) is 0.864. The summed E-state index contributed by atoms with van der Waals surface area (Å²) in [4.78, 5) is 8.46.